The van der Waals surface area contributed by atoms with Gasteiger partial charge in [-0.3, -0.25) is 4.79 Å². The molecule has 26 heavy (non-hydrogen) atoms. The van der Waals surface area contributed by atoms with Crippen molar-refractivity contribution in [3.05, 3.63) is 66.4 Å². The van der Waals surface area contributed by atoms with Gasteiger partial charge in [-0.05, 0) is 31.2 Å². The van der Waals surface area contributed by atoms with Crippen molar-refractivity contribution in [1.29, 1.82) is 0 Å². The van der Waals surface area contributed by atoms with Crippen LogP contribution in [0.1, 0.15) is 17.3 Å². The number of methoxy groups -OCH3 is 1. The average molecular weight is 356 g/mol. The number of aromatic nitrogens is 3. The van der Waals surface area contributed by atoms with Crippen LogP contribution >= 0.6 is 0 Å². The number of carbonyl (C=O) groups is 2. The maximum atomic E-state index is 14.2. The summed E-state index contributed by atoms with van der Waals surface area (Å²) < 4.78 is 21.8. The molecule has 3 aromatic rings. The molecule has 1 amide bonds. The number of halogens is 1. The van der Waals surface area contributed by atoms with Gasteiger partial charge in [-0.2, -0.15) is 5.10 Å². The molecule has 0 bridgehead atoms. The highest BCUT2D eigenvalue weighted by Crippen LogP contribution is 2.21. The predicted octanol–water partition coefficient (Wildman–Crippen LogP) is 2.09. The molecule has 134 valence electrons. The molecule has 1 aromatic carbocycles. The summed E-state index contributed by atoms with van der Waals surface area (Å²) in [7, 11) is 1.24. The molecule has 0 saturated heterocycles. The average Bonchev–Trinajstić information content (AvgIpc) is 3.30. The molecule has 0 aliphatic carbocycles. The van der Waals surface area contributed by atoms with Crippen molar-refractivity contribution in [2.75, 3.05) is 7.11 Å². The van der Waals surface area contributed by atoms with E-state index in [9.17, 15) is 14.0 Å². The number of nitrogens with zero attached hydrogens (tertiary/aromatic N) is 3. The smallest absolute Gasteiger partial charge is 0.328 e. The normalized spacial score (nSPS) is 11.8. The highest BCUT2D eigenvalue weighted by molar-refractivity contribution is 5.99. The fourth-order valence-corrected chi connectivity index (χ4v) is 2.54. The van der Waals surface area contributed by atoms with Gasteiger partial charge in [0.05, 0.1) is 13.3 Å². The summed E-state index contributed by atoms with van der Waals surface area (Å²) in [6.07, 6.45) is 4.77. The number of para-hydroxylation sites is 1. The summed E-state index contributed by atoms with van der Waals surface area (Å²) >= 11 is 0. The van der Waals surface area contributed by atoms with Gasteiger partial charge < -0.3 is 14.6 Å². The van der Waals surface area contributed by atoms with Crippen molar-refractivity contribution in [2.24, 2.45) is 0 Å². The molecular weight excluding hydrogens is 339 g/mol. The molecule has 0 fully saturated rings. The molecule has 0 aliphatic rings. The minimum atomic E-state index is -0.832. The number of nitrogens with one attached hydrogen (secondary N) is 1. The van der Waals surface area contributed by atoms with Crippen LogP contribution in [0, 0.1) is 5.82 Å². The summed E-state index contributed by atoms with van der Waals surface area (Å²) in [5.74, 6) is -1.20. The number of benzene rings is 1. The third-order valence-corrected chi connectivity index (χ3v) is 3.82. The van der Waals surface area contributed by atoms with E-state index < -0.39 is 23.7 Å². The summed E-state index contributed by atoms with van der Waals surface area (Å²) in [4.78, 5) is 24.2. The molecule has 0 spiro atoms. The standard InChI is InChI=1S/C18H17FN4O3/c1-12(18(25)26-2)21-16(24)13-11-20-23(15-8-4-3-7-14(15)19)17(13)22-9-5-6-10-22/h3-12H,1-2H3,(H,21,24)/t12-/m0/s1. The Balaban J connectivity index is 2.06. The Kier molecular flexibility index (Phi) is 4.83. The van der Waals surface area contributed by atoms with Gasteiger partial charge in [0.1, 0.15) is 23.1 Å². The van der Waals surface area contributed by atoms with Gasteiger partial charge in [0.15, 0.2) is 5.82 Å². The van der Waals surface area contributed by atoms with Gasteiger partial charge in [0, 0.05) is 12.4 Å². The molecule has 8 heteroatoms. The van der Waals surface area contributed by atoms with E-state index in [1.54, 1.807) is 47.3 Å². The zero-order valence-corrected chi connectivity index (χ0v) is 14.2. The monoisotopic (exact) mass is 356 g/mol. The van der Waals surface area contributed by atoms with E-state index >= 15 is 0 Å². The van der Waals surface area contributed by atoms with Crippen molar-refractivity contribution in [3.8, 4) is 11.5 Å². The van der Waals surface area contributed by atoms with E-state index in [1.807, 2.05) is 0 Å². The Bertz CT molecular complexity index is 934. The van der Waals surface area contributed by atoms with Crippen LogP contribution < -0.4 is 5.32 Å². The van der Waals surface area contributed by atoms with Gasteiger partial charge >= 0.3 is 5.97 Å². The topological polar surface area (TPSA) is 78.2 Å². The number of hydrogen-bond acceptors (Lipinski definition) is 4. The van der Waals surface area contributed by atoms with E-state index in [1.165, 1.54) is 31.0 Å². The number of amides is 1. The quantitative estimate of drug-likeness (QED) is 0.710. The highest BCUT2D eigenvalue weighted by atomic mass is 19.1. The minimum Gasteiger partial charge on any atom is -0.467 e. The molecule has 2 heterocycles. The number of rotatable bonds is 5. The molecule has 7 nitrogen and oxygen atoms in total. The van der Waals surface area contributed by atoms with Crippen LogP contribution in [0.3, 0.4) is 0 Å². The van der Waals surface area contributed by atoms with Crippen LogP contribution in [-0.4, -0.2) is 39.4 Å². The van der Waals surface area contributed by atoms with Crippen molar-refractivity contribution in [2.45, 2.75) is 13.0 Å². The zero-order valence-electron chi connectivity index (χ0n) is 14.2. The number of esters is 1. The van der Waals surface area contributed by atoms with Crippen molar-refractivity contribution < 1.29 is 18.7 Å². The molecule has 0 saturated carbocycles. The molecule has 3 rings (SSSR count). The number of ether oxygens (including phenoxy) is 1. The number of carbonyl (C=O) groups excluding carboxylic acids is 2. The maximum Gasteiger partial charge on any atom is 0.328 e. The van der Waals surface area contributed by atoms with E-state index in [0.29, 0.717) is 5.82 Å². The number of hydrogen-bond donors (Lipinski definition) is 1. The SMILES string of the molecule is COC(=O)[C@H](C)NC(=O)c1cnn(-c2ccccc2F)c1-n1cccc1. The predicted molar refractivity (Wildman–Crippen MR) is 91.8 cm³/mol. The molecule has 0 aliphatic heterocycles. The first kappa shape index (κ1) is 17.4. The van der Waals surface area contributed by atoms with Gasteiger partial charge in [0.2, 0.25) is 0 Å². The van der Waals surface area contributed by atoms with E-state index in [-0.39, 0.29) is 11.3 Å². The molecular formula is C18H17FN4O3. The first-order chi connectivity index (χ1) is 12.5. The molecule has 2 aromatic heterocycles. The second kappa shape index (κ2) is 7.22. The molecule has 1 N–H and O–H groups in total. The minimum absolute atomic E-state index is 0.195. The third-order valence-electron chi connectivity index (χ3n) is 3.82. The van der Waals surface area contributed by atoms with Crippen LogP contribution in [0.2, 0.25) is 0 Å². The summed E-state index contributed by atoms with van der Waals surface area (Å²) in [5.41, 5.74) is 0.400. The molecule has 0 unspecified atom stereocenters. The lowest BCUT2D eigenvalue weighted by atomic mass is 10.2. The van der Waals surface area contributed by atoms with Gasteiger partial charge in [-0.15, -0.1) is 0 Å². The fraction of sp³-hybridized carbons (Fsp3) is 0.167. The lowest BCUT2D eigenvalue weighted by Crippen LogP contribution is -2.39. The Morgan fingerprint density at radius 3 is 2.54 bits per heavy atom. The second-order valence-electron chi connectivity index (χ2n) is 5.55. The van der Waals surface area contributed by atoms with Gasteiger partial charge in [-0.25, -0.2) is 13.9 Å². The molecule has 0 radical (unpaired) electrons. The largest absolute Gasteiger partial charge is 0.467 e. The lowest BCUT2D eigenvalue weighted by molar-refractivity contribution is -0.142. The summed E-state index contributed by atoms with van der Waals surface area (Å²) in [6.45, 7) is 1.51. The first-order valence-electron chi connectivity index (χ1n) is 7.88. The summed E-state index contributed by atoms with van der Waals surface area (Å²) in [6, 6.07) is 8.85. The fourth-order valence-electron chi connectivity index (χ4n) is 2.54. The van der Waals surface area contributed by atoms with Crippen LogP contribution in [0.4, 0.5) is 4.39 Å². The molecule has 1 atom stereocenters. The van der Waals surface area contributed by atoms with Crippen LogP contribution in [0.15, 0.2) is 55.0 Å². The Morgan fingerprint density at radius 2 is 1.88 bits per heavy atom. The van der Waals surface area contributed by atoms with E-state index in [0.717, 1.165) is 0 Å². The zero-order chi connectivity index (χ0) is 18.7. The van der Waals surface area contributed by atoms with Gasteiger partial charge in [0.25, 0.3) is 5.91 Å². The van der Waals surface area contributed by atoms with Crippen molar-refractivity contribution in [1.82, 2.24) is 19.7 Å². The summed E-state index contributed by atoms with van der Waals surface area (Å²) in [5, 5.41) is 6.73. The highest BCUT2D eigenvalue weighted by Gasteiger charge is 2.24. The van der Waals surface area contributed by atoms with Crippen LogP contribution in [-0.2, 0) is 9.53 Å². The first-order valence-corrected chi connectivity index (χ1v) is 7.88. The van der Waals surface area contributed by atoms with Crippen molar-refractivity contribution >= 4 is 11.9 Å². The van der Waals surface area contributed by atoms with E-state index in [2.05, 4.69) is 15.2 Å². The van der Waals surface area contributed by atoms with E-state index in [4.69, 9.17) is 0 Å². The van der Waals surface area contributed by atoms with Crippen LogP contribution in [0.5, 0.6) is 0 Å². The Hall–Kier alpha value is -3.42. The lowest BCUT2D eigenvalue weighted by Gasteiger charge is -2.14. The second-order valence-corrected chi connectivity index (χ2v) is 5.55. The van der Waals surface area contributed by atoms with Crippen molar-refractivity contribution in [3.63, 3.8) is 0 Å². The van der Waals surface area contributed by atoms with Gasteiger partial charge in [-0.1, -0.05) is 12.1 Å². The van der Waals surface area contributed by atoms with Crippen LogP contribution in [0.25, 0.3) is 11.5 Å². The maximum absolute atomic E-state index is 14.2. The third kappa shape index (κ3) is 3.21. The Morgan fingerprint density at radius 1 is 1.19 bits per heavy atom. The Labute approximate surface area is 149 Å².